The van der Waals surface area contributed by atoms with Crippen LogP contribution >= 0.6 is 0 Å². The van der Waals surface area contributed by atoms with Crippen molar-refractivity contribution >= 4 is 6.21 Å². The van der Waals surface area contributed by atoms with Gasteiger partial charge >= 0.3 is 0 Å². The summed E-state index contributed by atoms with van der Waals surface area (Å²) in [5.41, 5.74) is 4.23. The normalized spacial score (nSPS) is 10.7. The molecule has 2 rings (SSSR count). The Morgan fingerprint density at radius 3 is 2.33 bits per heavy atom. The number of hydrogen-bond donors (Lipinski definition) is 3. The molecule has 2 aromatic carbocycles. The maximum atomic E-state index is 9.54. The van der Waals surface area contributed by atoms with Gasteiger partial charge in [0, 0.05) is 11.1 Å². The number of para-hydroxylation sites is 2. The summed E-state index contributed by atoms with van der Waals surface area (Å²) < 4.78 is 0. The zero-order valence-corrected chi connectivity index (χ0v) is 9.74. The third-order valence-corrected chi connectivity index (χ3v) is 2.49. The van der Waals surface area contributed by atoms with Crippen molar-refractivity contribution in [1.29, 1.82) is 0 Å². The molecule has 3 N–H and O–H groups in total. The summed E-state index contributed by atoms with van der Waals surface area (Å²) in [4.78, 5) is 0. The Morgan fingerprint density at radius 1 is 0.944 bits per heavy atom. The Hall–Kier alpha value is -2.49. The first kappa shape index (κ1) is 12.0. The van der Waals surface area contributed by atoms with E-state index in [2.05, 4.69) is 10.5 Å². The molecule has 0 unspecified atom stereocenters. The first-order chi connectivity index (χ1) is 8.77. The molecule has 0 heterocycles. The first-order valence-electron chi connectivity index (χ1n) is 5.58. The highest BCUT2D eigenvalue weighted by atomic mass is 16.3. The Balaban J connectivity index is 1.93. The van der Waals surface area contributed by atoms with Gasteiger partial charge < -0.3 is 15.6 Å². The highest BCUT2D eigenvalue weighted by molar-refractivity contribution is 5.82. The van der Waals surface area contributed by atoms with E-state index in [1.54, 1.807) is 30.3 Å². The zero-order chi connectivity index (χ0) is 12.8. The monoisotopic (exact) mass is 242 g/mol. The van der Waals surface area contributed by atoms with E-state index in [0.29, 0.717) is 12.1 Å². The topological polar surface area (TPSA) is 64.9 Å². The lowest BCUT2D eigenvalue weighted by Gasteiger charge is -2.03. The quantitative estimate of drug-likeness (QED) is 0.569. The van der Waals surface area contributed by atoms with E-state index < -0.39 is 0 Å². The summed E-state index contributed by atoms with van der Waals surface area (Å²) in [6.07, 6.45) is 1.54. The molecule has 4 heteroatoms. The molecule has 0 bridgehead atoms. The van der Waals surface area contributed by atoms with Crippen molar-refractivity contribution < 1.29 is 10.2 Å². The maximum absolute atomic E-state index is 9.54. The molecule has 0 radical (unpaired) electrons. The number of benzene rings is 2. The van der Waals surface area contributed by atoms with Crippen LogP contribution in [0.1, 0.15) is 11.1 Å². The number of hydrazone groups is 1. The fraction of sp³-hybridized carbons (Fsp3) is 0.0714. The Kier molecular flexibility index (Phi) is 3.81. The molecule has 92 valence electrons. The second-order valence-corrected chi connectivity index (χ2v) is 3.78. The standard InChI is InChI=1S/C14H14N2O2/c17-13-7-3-1-5-11(13)9-15-16-10-12-6-2-4-8-14(12)18/h1-9,16-18H,10H2. The highest BCUT2D eigenvalue weighted by Crippen LogP contribution is 2.15. The van der Waals surface area contributed by atoms with E-state index in [1.807, 2.05) is 18.2 Å². The molecular formula is C14H14N2O2. The lowest BCUT2D eigenvalue weighted by Crippen LogP contribution is -2.05. The van der Waals surface area contributed by atoms with Crippen molar-refractivity contribution in [2.45, 2.75) is 6.54 Å². The number of aromatic hydroxyl groups is 2. The van der Waals surface area contributed by atoms with Gasteiger partial charge in [0.15, 0.2) is 0 Å². The average Bonchev–Trinajstić information content (AvgIpc) is 2.38. The van der Waals surface area contributed by atoms with Crippen molar-refractivity contribution in [1.82, 2.24) is 5.43 Å². The average molecular weight is 242 g/mol. The smallest absolute Gasteiger partial charge is 0.124 e. The molecule has 0 amide bonds. The number of rotatable bonds is 4. The third-order valence-electron chi connectivity index (χ3n) is 2.49. The van der Waals surface area contributed by atoms with Gasteiger partial charge in [-0.05, 0) is 18.2 Å². The van der Waals surface area contributed by atoms with E-state index in [0.717, 1.165) is 5.56 Å². The predicted octanol–water partition coefficient (Wildman–Crippen LogP) is 2.22. The third kappa shape index (κ3) is 3.01. The summed E-state index contributed by atoms with van der Waals surface area (Å²) >= 11 is 0. The molecule has 0 aliphatic carbocycles. The fourth-order valence-corrected chi connectivity index (χ4v) is 1.50. The Bertz CT molecular complexity index is 553. The number of hydrogen-bond acceptors (Lipinski definition) is 4. The Labute approximate surface area is 105 Å². The van der Waals surface area contributed by atoms with Gasteiger partial charge in [-0.3, -0.25) is 0 Å². The van der Waals surface area contributed by atoms with Crippen LogP contribution in [0.25, 0.3) is 0 Å². The van der Waals surface area contributed by atoms with Crippen LogP contribution < -0.4 is 5.43 Å². The second-order valence-electron chi connectivity index (χ2n) is 3.78. The molecule has 0 atom stereocenters. The van der Waals surface area contributed by atoms with Gasteiger partial charge in [-0.2, -0.15) is 5.10 Å². The largest absolute Gasteiger partial charge is 0.508 e. The minimum atomic E-state index is 0.186. The molecule has 18 heavy (non-hydrogen) atoms. The summed E-state index contributed by atoms with van der Waals surface area (Å²) in [6, 6.07) is 14.0. The van der Waals surface area contributed by atoms with Gasteiger partial charge in [0.2, 0.25) is 0 Å². The lowest BCUT2D eigenvalue weighted by atomic mass is 10.2. The molecule has 0 saturated heterocycles. The minimum absolute atomic E-state index is 0.186. The van der Waals surface area contributed by atoms with Crippen molar-refractivity contribution in [3.05, 3.63) is 59.7 Å². The summed E-state index contributed by atoms with van der Waals surface area (Å²) in [5.74, 6) is 0.424. The molecule has 0 saturated carbocycles. The predicted molar refractivity (Wildman–Crippen MR) is 70.6 cm³/mol. The first-order valence-corrected chi connectivity index (χ1v) is 5.58. The van der Waals surface area contributed by atoms with Gasteiger partial charge in [-0.1, -0.05) is 30.3 Å². The van der Waals surface area contributed by atoms with Crippen LogP contribution in [0.4, 0.5) is 0 Å². The summed E-state index contributed by atoms with van der Waals surface area (Å²) in [5, 5.41) is 23.0. The van der Waals surface area contributed by atoms with Crippen LogP contribution in [0.5, 0.6) is 11.5 Å². The summed E-state index contributed by atoms with van der Waals surface area (Å²) in [7, 11) is 0. The maximum Gasteiger partial charge on any atom is 0.124 e. The zero-order valence-electron chi connectivity index (χ0n) is 9.74. The molecule has 0 aliphatic rings. The molecule has 0 spiro atoms. The number of nitrogens with one attached hydrogen (secondary N) is 1. The van der Waals surface area contributed by atoms with Crippen molar-refractivity contribution in [2.75, 3.05) is 0 Å². The molecule has 0 aliphatic heterocycles. The molecule has 2 aromatic rings. The van der Waals surface area contributed by atoms with E-state index in [4.69, 9.17) is 0 Å². The van der Waals surface area contributed by atoms with E-state index in [-0.39, 0.29) is 11.5 Å². The van der Waals surface area contributed by atoms with Crippen LogP contribution in [0, 0.1) is 0 Å². The highest BCUT2D eigenvalue weighted by Gasteiger charge is 1.97. The van der Waals surface area contributed by atoms with Crippen LogP contribution in [0.3, 0.4) is 0 Å². The SMILES string of the molecule is Oc1ccccc1C=NNCc1ccccc1O. The van der Waals surface area contributed by atoms with Gasteiger partial charge in [-0.15, -0.1) is 0 Å². The Morgan fingerprint density at radius 2 is 1.61 bits per heavy atom. The second kappa shape index (κ2) is 5.72. The van der Waals surface area contributed by atoms with Crippen LogP contribution in [0.15, 0.2) is 53.6 Å². The summed E-state index contributed by atoms with van der Waals surface area (Å²) in [6.45, 7) is 0.427. The van der Waals surface area contributed by atoms with Gasteiger partial charge in [0.05, 0.1) is 12.8 Å². The molecule has 0 fully saturated rings. The number of phenols is 2. The van der Waals surface area contributed by atoms with Crippen molar-refractivity contribution in [2.24, 2.45) is 5.10 Å². The van der Waals surface area contributed by atoms with E-state index >= 15 is 0 Å². The fourth-order valence-electron chi connectivity index (χ4n) is 1.50. The van der Waals surface area contributed by atoms with E-state index in [1.165, 1.54) is 6.21 Å². The van der Waals surface area contributed by atoms with Gasteiger partial charge in [0.1, 0.15) is 11.5 Å². The van der Waals surface area contributed by atoms with Gasteiger partial charge in [0.25, 0.3) is 0 Å². The number of nitrogens with zero attached hydrogens (tertiary/aromatic N) is 1. The van der Waals surface area contributed by atoms with Crippen molar-refractivity contribution in [3.8, 4) is 11.5 Å². The number of phenolic OH excluding ortho intramolecular Hbond substituents is 2. The van der Waals surface area contributed by atoms with Crippen LogP contribution in [-0.2, 0) is 6.54 Å². The van der Waals surface area contributed by atoms with Crippen LogP contribution in [-0.4, -0.2) is 16.4 Å². The molecular weight excluding hydrogens is 228 g/mol. The van der Waals surface area contributed by atoms with Gasteiger partial charge in [-0.25, -0.2) is 0 Å². The minimum Gasteiger partial charge on any atom is -0.508 e. The lowest BCUT2D eigenvalue weighted by molar-refractivity contribution is 0.465. The molecule has 0 aromatic heterocycles. The van der Waals surface area contributed by atoms with E-state index in [9.17, 15) is 10.2 Å². The molecule has 4 nitrogen and oxygen atoms in total. The van der Waals surface area contributed by atoms with Crippen LogP contribution in [0.2, 0.25) is 0 Å². The van der Waals surface area contributed by atoms with Crippen molar-refractivity contribution in [3.63, 3.8) is 0 Å².